The molecule has 2 aliphatic rings. The van der Waals surface area contributed by atoms with Crippen LogP contribution in [0.15, 0.2) is 42.5 Å². The van der Waals surface area contributed by atoms with Crippen molar-refractivity contribution in [3.63, 3.8) is 0 Å². The van der Waals surface area contributed by atoms with Gasteiger partial charge in [0.05, 0.1) is 12.1 Å². The monoisotopic (exact) mass is 479 g/mol. The van der Waals surface area contributed by atoms with Crippen LogP contribution in [0.1, 0.15) is 21.5 Å². The van der Waals surface area contributed by atoms with Gasteiger partial charge < -0.3 is 40.3 Å². The van der Waals surface area contributed by atoms with Crippen molar-refractivity contribution in [2.75, 3.05) is 0 Å². The van der Waals surface area contributed by atoms with Gasteiger partial charge in [0.25, 0.3) is 23.5 Å². The first-order valence-electron chi connectivity index (χ1n) is 9.53. The molecule has 0 spiro atoms. The van der Waals surface area contributed by atoms with E-state index in [1.165, 1.54) is 35.6 Å². The first-order valence-corrected chi connectivity index (χ1v) is 9.53. The average Bonchev–Trinajstić information content (AvgIpc) is 3.10. The van der Waals surface area contributed by atoms with Crippen LogP contribution in [-0.4, -0.2) is 70.5 Å². The Morgan fingerprint density at radius 3 is 2.29 bits per heavy atom. The largest absolute Gasteiger partial charge is 0.435 e. The number of piperidine rings is 1. The van der Waals surface area contributed by atoms with Gasteiger partial charge in [-0.15, -0.1) is 0 Å². The zero-order valence-corrected chi connectivity index (χ0v) is 17.0. The first-order chi connectivity index (χ1) is 15.7. The highest BCUT2D eigenvalue weighted by Gasteiger charge is 2.75. The third-order valence-electron chi connectivity index (χ3n) is 5.74. The minimum absolute atomic E-state index is 0.150. The minimum atomic E-state index is -4.08. The average molecular weight is 479 g/mol. The van der Waals surface area contributed by atoms with Crippen LogP contribution in [0.3, 0.4) is 0 Å². The molecule has 34 heavy (non-hydrogen) atoms. The van der Waals surface area contributed by atoms with E-state index in [4.69, 9.17) is 10.5 Å². The maximum Gasteiger partial charge on any atom is 0.354 e. The number of carbonyl (C=O) groups excluding carboxylic acids is 3. The highest BCUT2D eigenvalue weighted by atomic mass is 19.1. The quantitative estimate of drug-likeness (QED) is 0.160. The number of imide groups is 1. The van der Waals surface area contributed by atoms with Crippen molar-refractivity contribution >= 4 is 17.7 Å². The van der Waals surface area contributed by atoms with E-state index in [0.29, 0.717) is 4.90 Å². The first kappa shape index (κ1) is 23.7. The van der Waals surface area contributed by atoms with E-state index in [-0.39, 0.29) is 11.1 Å². The Balaban J connectivity index is 1.75. The SMILES string of the molecule is NC1(N2Cc3c(OC(O)(O)c4ccccc4F)cccc3C2=O)C(=O)NC(=O)C(O)(O)C1(O)O. The maximum atomic E-state index is 14.1. The number of nitrogens with two attached hydrogens (primary N) is 1. The number of aliphatic hydroxyl groups is 6. The second kappa shape index (κ2) is 7.25. The predicted molar refractivity (Wildman–Crippen MR) is 104 cm³/mol. The van der Waals surface area contributed by atoms with Crippen molar-refractivity contribution in [2.45, 2.75) is 29.8 Å². The number of carbonyl (C=O) groups is 3. The number of benzene rings is 2. The summed E-state index contributed by atoms with van der Waals surface area (Å²) >= 11 is 0. The van der Waals surface area contributed by atoms with Crippen LogP contribution in [0.25, 0.3) is 0 Å². The Morgan fingerprint density at radius 2 is 1.65 bits per heavy atom. The van der Waals surface area contributed by atoms with Crippen LogP contribution in [0.5, 0.6) is 5.75 Å². The van der Waals surface area contributed by atoms with Crippen molar-refractivity contribution in [1.82, 2.24) is 10.2 Å². The minimum Gasteiger partial charge on any atom is -0.435 e. The van der Waals surface area contributed by atoms with Crippen LogP contribution >= 0.6 is 0 Å². The van der Waals surface area contributed by atoms with Gasteiger partial charge in [0.2, 0.25) is 5.66 Å². The molecule has 13 nitrogen and oxygen atoms in total. The summed E-state index contributed by atoms with van der Waals surface area (Å²) in [5, 5.41) is 62.6. The molecule has 0 saturated carbocycles. The summed E-state index contributed by atoms with van der Waals surface area (Å²) in [7, 11) is 0. The zero-order valence-electron chi connectivity index (χ0n) is 17.0. The van der Waals surface area contributed by atoms with E-state index in [1.54, 1.807) is 0 Å². The van der Waals surface area contributed by atoms with Gasteiger partial charge in [-0.25, -0.2) is 4.39 Å². The van der Waals surface area contributed by atoms with Gasteiger partial charge in [-0.1, -0.05) is 18.2 Å². The standard InChI is InChI=1S/C20H18FN3O10/c21-12-6-2-1-5-11(12)19(30,31)34-13-7-3-4-9-10(13)8-24(14(9)25)17(22)15(26)23-16(27)18(28,29)20(17,32)33/h1-7,28-33H,8,22H2,(H,23,26,27). The molecule has 180 valence electrons. The Bertz CT molecular complexity index is 1230. The summed E-state index contributed by atoms with van der Waals surface area (Å²) in [6, 6.07) is 8.17. The van der Waals surface area contributed by atoms with E-state index in [9.17, 15) is 49.4 Å². The Kier molecular flexibility index (Phi) is 5.04. The molecule has 3 amide bonds. The fraction of sp³-hybridized carbons (Fsp3) is 0.250. The van der Waals surface area contributed by atoms with E-state index in [1.807, 2.05) is 0 Å². The van der Waals surface area contributed by atoms with Crippen LogP contribution in [0.2, 0.25) is 0 Å². The lowest BCUT2D eigenvalue weighted by atomic mass is 9.84. The fourth-order valence-corrected chi connectivity index (χ4v) is 3.80. The molecule has 2 aliphatic heterocycles. The summed E-state index contributed by atoms with van der Waals surface area (Å²) < 4.78 is 19.2. The van der Waals surface area contributed by atoms with E-state index in [0.717, 1.165) is 12.1 Å². The molecule has 2 aromatic carbocycles. The van der Waals surface area contributed by atoms with Gasteiger partial charge in [0, 0.05) is 11.1 Å². The van der Waals surface area contributed by atoms with Crippen LogP contribution in [0.4, 0.5) is 4.39 Å². The fourth-order valence-electron chi connectivity index (χ4n) is 3.80. The van der Waals surface area contributed by atoms with Crippen molar-refractivity contribution in [3.05, 3.63) is 65.0 Å². The normalized spacial score (nSPS) is 23.5. The number of fused-ring (bicyclic) bond motifs is 1. The molecule has 9 N–H and O–H groups in total. The number of ether oxygens (including phenoxy) is 1. The lowest BCUT2D eigenvalue weighted by Crippen LogP contribution is -2.88. The number of amides is 3. The molecule has 0 radical (unpaired) electrons. The van der Waals surface area contributed by atoms with E-state index in [2.05, 4.69) is 0 Å². The molecule has 1 saturated heterocycles. The molecule has 4 rings (SSSR count). The van der Waals surface area contributed by atoms with Crippen molar-refractivity contribution in [3.8, 4) is 5.75 Å². The second-order valence-electron chi connectivity index (χ2n) is 7.76. The third kappa shape index (κ3) is 3.02. The molecule has 1 fully saturated rings. The molecule has 2 aromatic rings. The molecule has 14 heteroatoms. The van der Waals surface area contributed by atoms with Crippen LogP contribution in [-0.2, 0) is 22.1 Å². The summed E-state index contributed by atoms with van der Waals surface area (Å²) in [6.07, 6.45) is 0. The number of halogens is 1. The van der Waals surface area contributed by atoms with Crippen molar-refractivity contribution in [2.24, 2.45) is 5.73 Å². The molecule has 0 aliphatic carbocycles. The van der Waals surface area contributed by atoms with Gasteiger partial charge >= 0.3 is 11.8 Å². The van der Waals surface area contributed by atoms with Gasteiger partial charge in [-0.05, 0) is 24.3 Å². The number of hydrogen-bond acceptors (Lipinski definition) is 11. The zero-order chi connectivity index (χ0) is 25.3. The highest BCUT2D eigenvalue weighted by Crippen LogP contribution is 2.42. The van der Waals surface area contributed by atoms with Gasteiger partial charge in [0.15, 0.2) is 0 Å². The third-order valence-corrected chi connectivity index (χ3v) is 5.74. The summed E-state index contributed by atoms with van der Waals surface area (Å²) in [5.74, 6) is -17.4. The number of rotatable bonds is 4. The molecule has 1 atom stereocenters. The molecule has 0 bridgehead atoms. The Morgan fingerprint density at radius 1 is 1.00 bits per heavy atom. The lowest BCUT2D eigenvalue weighted by molar-refractivity contribution is -0.374. The summed E-state index contributed by atoms with van der Waals surface area (Å²) in [5.41, 5.74) is 1.44. The van der Waals surface area contributed by atoms with Crippen molar-refractivity contribution in [1.29, 1.82) is 0 Å². The number of hydrogen-bond donors (Lipinski definition) is 8. The molecule has 1 unspecified atom stereocenters. The van der Waals surface area contributed by atoms with Gasteiger partial charge in [0.1, 0.15) is 11.6 Å². The van der Waals surface area contributed by atoms with Crippen LogP contribution < -0.4 is 15.8 Å². The second-order valence-corrected chi connectivity index (χ2v) is 7.76. The summed E-state index contributed by atoms with van der Waals surface area (Å²) in [6.45, 7) is -0.755. The van der Waals surface area contributed by atoms with E-state index < -0.39 is 64.6 Å². The summed E-state index contributed by atoms with van der Waals surface area (Å²) in [4.78, 5) is 37.6. The highest BCUT2D eigenvalue weighted by molar-refractivity contribution is 6.10. The molecule has 2 heterocycles. The smallest absolute Gasteiger partial charge is 0.354 e. The lowest BCUT2D eigenvalue weighted by Gasteiger charge is -2.51. The van der Waals surface area contributed by atoms with Gasteiger partial charge in [-0.3, -0.25) is 25.4 Å². The number of nitrogens with zero attached hydrogens (tertiary/aromatic N) is 1. The van der Waals surface area contributed by atoms with Gasteiger partial charge in [-0.2, -0.15) is 0 Å². The Labute approximate surface area is 189 Å². The predicted octanol–water partition coefficient (Wildman–Crippen LogP) is -3.37. The molecule has 0 aromatic heterocycles. The maximum absolute atomic E-state index is 14.1. The van der Waals surface area contributed by atoms with Crippen molar-refractivity contribution < 1.29 is 54.2 Å². The number of nitrogens with one attached hydrogen (secondary N) is 1. The van der Waals surface area contributed by atoms with E-state index >= 15 is 0 Å². The molecular weight excluding hydrogens is 461 g/mol. The Hall–Kier alpha value is -3.50. The molecular formula is C20H18FN3O10. The van der Waals surface area contributed by atoms with Crippen LogP contribution in [0, 0.1) is 5.82 Å². The topological polar surface area (TPSA) is 223 Å².